The van der Waals surface area contributed by atoms with Gasteiger partial charge in [-0.15, -0.1) is 0 Å². The molecule has 0 spiro atoms. The number of amides is 1. The Morgan fingerprint density at radius 2 is 1.93 bits per heavy atom. The minimum Gasteiger partial charge on any atom is -0.469 e. The van der Waals surface area contributed by atoms with Crippen LogP contribution in [0.3, 0.4) is 0 Å². The Labute approximate surface area is 161 Å². The summed E-state index contributed by atoms with van der Waals surface area (Å²) in [5.41, 5.74) is -0.927. The number of thioether (sulfide) groups is 1. The number of nitrogens with zero attached hydrogens (tertiary/aromatic N) is 1. The molecule has 2 N–H and O–H groups in total. The Morgan fingerprint density at radius 1 is 1.29 bits per heavy atom. The summed E-state index contributed by atoms with van der Waals surface area (Å²) in [6.45, 7) is 1.54. The van der Waals surface area contributed by atoms with Gasteiger partial charge in [-0.25, -0.2) is 4.98 Å². The van der Waals surface area contributed by atoms with E-state index in [1.54, 1.807) is 0 Å². The van der Waals surface area contributed by atoms with Gasteiger partial charge in [0.1, 0.15) is 0 Å². The molecule has 2 rings (SSSR count). The van der Waals surface area contributed by atoms with Crippen LogP contribution in [0.5, 0.6) is 0 Å². The third kappa shape index (κ3) is 6.12. The molecule has 28 heavy (non-hydrogen) atoms. The second-order valence-corrected chi connectivity index (χ2v) is 6.95. The van der Waals surface area contributed by atoms with E-state index in [4.69, 9.17) is 0 Å². The first kappa shape index (κ1) is 21.5. The highest BCUT2D eigenvalue weighted by Gasteiger charge is 2.30. The van der Waals surface area contributed by atoms with Gasteiger partial charge < -0.3 is 15.0 Å². The van der Waals surface area contributed by atoms with Gasteiger partial charge in [0.05, 0.1) is 30.0 Å². The normalized spacial score (nSPS) is 12.3. The van der Waals surface area contributed by atoms with E-state index >= 15 is 0 Å². The lowest BCUT2D eigenvalue weighted by Gasteiger charge is -2.13. The molecule has 7 nitrogen and oxygen atoms in total. The molecule has 0 saturated heterocycles. The second-order valence-electron chi connectivity index (χ2n) is 5.62. The quantitative estimate of drug-likeness (QED) is 0.427. The molecule has 2 aromatic rings. The predicted octanol–water partition coefficient (Wildman–Crippen LogP) is 2.62. The number of anilines is 1. The van der Waals surface area contributed by atoms with Crippen LogP contribution in [0.1, 0.15) is 18.2 Å². The number of halogens is 3. The zero-order chi connectivity index (χ0) is 20.9. The first-order valence-electron chi connectivity index (χ1n) is 7.90. The van der Waals surface area contributed by atoms with Gasteiger partial charge in [0, 0.05) is 11.8 Å². The second kappa shape index (κ2) is 8.91. The van der Waals surface area contributed by atoms with Gasteiger partial charge in [0.15, 0.2) is 5.16 Å². The number of rotatable bonds is 6. The first-order valence-corrected chi connectivity index (χ1v) is 8.78. The van der Waals surface area contributed by atoms with E-state index in [0.717, 1.165) is 42.1 Å². The van der Waals surface area contributed by atoms with Gasteiger partial charge in [-0.1, -0.05) is 11.8 Å². The maximum absolute atomic E-state index is 12.6. The number of alkyl halides is 3. The number of benzene rings is 1. The van der Waals surface area contributed by atoms with E-state index < -0.39 is 34.4 Å². The molecular formula is C17H16F3N3O4S. The van der Waals surface area contributed by atoms with Crippen molar-refractivity contribution in [3.8, 4) is 0 Å². The maximum atomic E-state index is 12.6. The Kier molecular flexibility index (Phi) is 6.84. The zero-order valence-corrected chi connectivity index (χ0v) is 15.6. The number of carbonyl (C=O) groups excluding carboxylic acids is 2. The van der Waals surface area contributed by atoms with E-state index in [0.29, 0.717) is 0 Å². The molecule has 0 fully saturated rings. The van der Waals surface area contributed by atoms with Crippen molar-refractivity contribution in [3.05, 3.63) is 51.9 Å². The highest BCUT2D eigenvalue weighted by Crippen LogP contribution is 2.30. The minimum atomic E-state index is -4.46. The molecule has 0 radical (unpaired) electrons. The van der Waals surface area contributed by atoms with Crippen LogP contribution in [0.4, 0.5) is 18.9 Å². The lowest BCUT2D eigenvalue weighted by molar-refractivity contribution is -0.140. The van der Waals surface area contributed by atoms with E-state index in [9.17, 15) is 27.6 Å². The van der Waals surface area contributed by atoms with Gasteiger partial charge in [-0.2, -0.15) is 13.2 Å². The van der Waals surface area contributed by atoms with Gasteiger partial charge >= 0.3 is 12.1 Å². The van der Waals surface area contributed by atoms with E-state index in [1.165, 1.54) is 14.0 Å². The predicted molar refractivity (Wildman–Crippen MR) is 96.0 cm³/mol. The number of ether oxygens (including phenoxy) is 1. The molecule has 11 heteroatoms. The number of hydrogen-bond donors (Lipinski definition) is 2. The molecule has 0 saturated carbocycles. The fourth-order valence-corrected chi connectivity index (χ4v) is 2.89. The number of aromatic nitrogens is 2. The molecule has 150 valence electrons. The van der Waals surface area contributed by atoms with Crippen molar-refractivity contribution in [1.82, 2.24) is 9.97 Å². The molecule has 0 aliphatic heterocycles. The third-order valence-corrected chi connectivity index (χ3v) is 4.45. The summed E-state index contributed by atoms with van der Waals surface area (Å²) in [6.07, 6.45) is -4.65. The number of hydrogen-bond acceptors (Lipinski definition) is 6. The van der Waals surface area contributed by atoms with Crippen LogP contribution < -0.4 is 10.9 Å². The monoisotopic (exact) mass is 415 g/mol. The zero-order valence-electron chi connectivity index (χ0n) is 14.8. The summed E-state index contributed by atoms with van der Waals surface area (Å²) in [4.78, 5) is 41.8. The van der Waals surface area contributed by atoms with Crippen molar-refractivity contribution in [2.24, 2.45) is 0 Å². The molecule has 1 aromatic heterocycles. The van der Waals surface area contributed by atoms with E-state index in [2.05, 4.69) is 20.0 Å². The largest absolute Gasteiger partial charge is 0.469 e. The molecule has 1 atom stereocenters. The Bertz CT molecular complexity index is 913. The number of H-pyrrole nitrogens is 1. The topological polar surface area (TPSA) is 101 Å². The first-order chi connectivity index (χ1) is 13.1. The summed E-state index contributed by atoms with van der Waals surface area (Å²) in [7, 11) is 1.21. The molecule has 0 aliphatic carbocycles. The van der Waals surface area contributed by atoms with Crippen LogP contribution in [0.25, 0.3) is 0 Å². The van der Waals surface area contributed by atoms with Gasteiger partial charge in [0.25, 0.3) is 5.56 Å². The number of aromatic amines is 1. The number of methoxy groups -OCH3 is 1. The van der Waals surface area contributed by atoms with E-state index in [1.807, 2.05) is 0 Å². The van der Waals surface area contributed by atoms with Gasteiger partial charge in [-0.05, 0) is 31.2 Å². The van der Waals surface area contributed by atoms with Gasteiger partial charge in [-0.3, -0.25) is 14.4 Å². The number of nitrogens with one attached hydrogen (secondary N) is 2. The average molecular weight is 415 g/mol. The lowest BCUT2D eigenvalue weighted by atomic mass is 10.2. The summed E-state index contributed by atoms with van der Waals surface area (Å²) in [6, 6.07) is 5.17. The van der Waals surface area contributed by atoms with Crippen molar-refractivity contribution < 1.29 is 27.5 Å². The van der Waals surface area contributed by atoms with Crippen molar-refractivity contribution in [2.45, 2.75) is 29.9 Å². The molecular weight excluding hydrogens is 399 g/mol. The third-order valence-electron chi connectivity index (χ3n) is 3.46. The smallest absolute Gasteiger partial charge is 0.416 e. The molecule has 0 bridgehead atoms. The average Bonchev–Trinajstić information content (AvgIpc) is 2.60. The van der Waals surface area contributed by atoms with Crippen LogP contribution in [0.15, 0.2) is 40.3 Å². The Hall–Kier alpha value is -2.82. The Balaban J connectivity index is 2.04. The summed E-state index contributed by atoms with van der Waals surface area (Å²) >= 11 is 0.931. The molecule has 1 heterocycles. The summed E-state index contributed by atoms with van der Waals surface area (Å²) in [5, 5.41) is 1.89. The van der Waals surface area contributed by atoms with Crippen LogP contribution in [-0.4, -0.2) is 34.2 Å². The fourth-order valence-electron chi connectivity index (χ4n) is 2.06. The van der Waals surface area contributed by atoms with Crippen LogP contribution in [0.2, 0.25) is 0 Å². The molecule has 0 unspecified atom stereocenters. The van der Waals surface area contributed by atoms with Gasteiger partial charge in [0.2, 0.25) is 5.91 Å². The molecule has 1 aromatic carbocycles. The van der Waals surface area contributed by atoms with Crippen molar-refractivity contribution in [2.75, 3.05) is 12.4 Å². The van der Waals surface area contributed by atoms with Crippen LogP contribution in [-0.2, 0) is 26.9 Å². The Morgan fingerprint density at radius 3 is 2.50 bits per heavy atom. The van der Waals surface area contributed by atoms with Crippen molar-refractivity contribution >= 4 is 29.3 Å². The summed E-state index contributed by atoms with van der Waals surface area (Å²) < 4.78 is 42.2. The van der Waals surface area contributed by atoms with Crippen LogP contribution in [0, 0.1) is 0 Å². The van der Waals surface area contributed by atoms with Crippen molar-refractivity contribution in [1.29, 1.82) is 0 Å². The van der Waals surface area contributed by atoms with Crippen LogP contribution >= 0.6 is 11.8 Å². The summed E-state index contributed by atoms with van der Waals surface area (Å²) in [5.74, 6) is -1.06. The SMILES string of the molecule is COC(=O)Cc1cc(=O)[nH]c(S[C@@H](C)C(=O)Nc2ccc(C(F)(F)F)cc2)n1. The molecule has 1 amide bonds. The number of carbonyl (C=O) groups is 2. The number of esters is 1. The van der Waals surface area contributed by atoms with E-state index in [-0.39, 0.29) is 23.0 Å². The fraction of sp³-hybridized carbons (Fsp3) is 0.294. The highest BCUT2D eigenvalue weighted by molar-refractivity contribution is 8.00. The minimum absolute atomic E-state index is 0.126. The highest BCUT2D eigenvalue weighted by atomic mass is 32.2. The standard InChI is InChI=1S/C17H16F3N3O4S/c1-9(15(26)21-11-5-3-10(4-6-11)17(18,19)20)28-16-22-12(7-13(24)23-16)8-14(25)27-2/h3-7,9H,8H2,1-2H3,(H,21,26)(H,22,23,24)/t9-/m0/s1. The van der Waals surface area contributed by atoms with Crippen molar-refractivity contribution in [3.63, 3.8) is 0 Å². The molecule has 0 aliphatic rings. The lowest BCUT2D eigenvalue weighted by Crippen LogP contribution is -2.23. The maximum Gasteiger partial charge on any atom is 0.416 e.